The standard InChI is InChI=1S/C36H60O9/c1-19(16-37)20-9-12-36(18-39)14-13-34(5)21(26(20)36)7-8-24-33(4)11-10-25(40)32(2,3)30(33)22(15-35(24,34)6)44-31-29(43)28(42)27(41)23(17-38)45-31/h20-31,37-43H,1,7-18H2,2-6H3/t20-,21+,22-,23+,24+,25-,26+,27+,28-,29+,30-,31+,33+,34+,35+,36+/m0/s1. The van der Waals surface area contributed by atoms with Crippen LogP contribution in [0, 0.1) is 56.7 Å². The van der Waals surface area contributed by atoms with Gasteiger partial charge in [-0.3, -0.25) is 0 Å². The molecule has 45 heavy (non-hydrogen) atoms. The van der Waals surface area contributed by atoms with Crippen molar-refractivity contribution in [3.63, 3.8) is 0 Å². The molecular weight excluding hydrogens is 576 g/mol. The highest BCUT2D eigenvalue weighted by atomic mass is 16.7. The molecule has 0 unspecified atom stereocenters. The van der Waals surface area contributed by atoms with Crippen LogP contribution in [0.15, 0.2) is 12.2 Å². The summed E-state index contributed by atoms with van der Waals surface area (Å²) < 4.78 is 12.7. The van der Waals surface area contributed by atoms with Crippen molar-refractivity contribution in [1.29, 1.82) is 0 Å². The lowest BCUT2D eigenvalue weighted by Gasteiger charge is -2.74. The zero-order chi connectivity index (χ0) is 32.9. The van der Waals surface area contributed by atoms with Gasteiger partial charge < -0.3 is 45.2 Å². The first-order chi connectivity index (χ1) is 21.1. The molecule has 6 aliphatic rings. The Morgan fingerprint density at radius 1 is 0.822 bits per heavy atom. The van der Waals surface area contributed by atoms with Crippen LogP contribution in [0.2, 0.25) is 0 Å². The van der Waals surface area contributed by atoms with E-state index in [4.69, 9.17) is 9.47 Å². The van der Waals surface area contributed by atoms with Gasteiger partial charge >= 0.3 is 0 Å². The van der Waals surface area contributed by atoms with Crippen LogP contribution in [-0.4, -0.2) is 98.5 Å². The van der Waals surface area contributed by atoms with Gasteiger partial charge in [-0.25, -0.2) is 0 Å². The lowest BCUT2D eigenvalue weighted by Crippen LogP contribution is -2.71. The molecule has 1 saturated heterocycles. The lowest BCUT2D eigenvalue weighted by molar-refractivity contribution is -0.347. The summed E-state index contributed by atoms with van der Waals surface area (Å²) in [5.74, 6) is 1.07. The first-order valence-corrected chi connectivity index (χ1v) is 17.6. The third-order valence-electron chi connectivity index (χ3n) is 15.6. The van der Waals surface area contributed by atoms with Gasteiger partial charge in [-0.1, -0.05) is 41.2 Å². The van der Waals surface area contributed by atoms with Crippen LogP contribution >= 0.6 is 0 Å². The molecule has 0 aromatic carbocycles. The molecule has 1 heterocycles. The average Bonchev–Trinajstić information content (AvgIpc) is 3.39. The minimum absolute atomic E-state index is 0.0296. The molecule has 0 aromatic heterocycles. The summed E-state index contributed by atoms with van der Waals surface area (Å²) in [5.41, 5.74) is -0.220. The van der Waals surface area contributed by atoms with E-state index in [0.717, 1.165) is 50.5 Å². The Bertz CT molecular complexity index is 1130. The topological polar surface area (TPSA) is 160 Å². The van der Waals surface area contributed by atoms with Crippen molar-refractivity contribution in [2.24, 2.45) is 56.7 Å². The van der Waals surface area contributed by atoms with Crippen molar-refractivity contribution in [1.82, 2.24) is 0 Å². The summed E-state index contributed by atoms with van der Waals surface area (Å²) in [6, 6.07) is 0. The van der Waals surface area contributed by atoms with E-state index < -0.39 is 54.9 Å². The quantitative estimate of drug-likeness (QED) is 0.172. The number of aliphatic hydroxyl groups is 7. The predicted octanol–water partition coefficient (Wildman–Crippen LogP) is 2.76. The molecule has 0 bridgehead atoms. The predicted molar refractivity (Wildman–Crippen MR) is 167 cm³/mol. The Morgan fingerprint density at radius 2 is 1.53 bits per heavy atom. The molecule has 7 N–H and O–H groups in total. The van der Waals surface area contributed by atoms with E-state index in [1.165, 1.54) is 0 Å². The van der Waals surface area contributed by atoms with Gasteiger partial charge in [0.25, 0.3) is 0 Å². The molecule has 16 atom stereocenters. The Kier molecular flexibility index (Phi) is 8.74. The molecule has 0 spiro atoms. The van der Waals surface area contributed by atoms with Gasteiger partial charge in [0.15, 0.2) is 6.29 Å². The highest BCUT2D eigenvalue weighted by molar-refractivity contribution is 5.23. The van der Waals surface area contributed by atoms with E-state index >= 15 is 0 Å². The van der Waals surface area contributed by atoms with Gasteiger partial charge in [-0.15, -0.1) is 0 Å². The fraction of sp³-hybridized carbons (Fsp3) is 0.944. The van der Waals surface area contributed by atoms with Crippen LogP contribution in [-0.2, 0) is 9.47 Å². The molecule has 6 rings (SSSR count). The van der Waals surface area contributed by atoms with E-state index in [0.29, 0.717) is 24.7 Å². The Morgan fingerprint density at radius 3 is 2.18 bits per heavy atom. The average molecular weight is 637 g/mol. The zero-order valence-electron chi connectivity index (χ0n) is 28.1. The third kappa shape index (κ3) is 4.65. The highest BCUT2D eigenvalue weighted by Gasteiger charge is 2.73. The Balaban J connectivity index is 1.42. The van der Waals surface area contributed by atoms with Gasteiger partial charge in [0.2, 0.25) is 0 Å². The van der Waals surface area contributed by atoms with Gasteiger partial charge in [-0.05, 0) is 120 Å². The third-order valence-corrected chi connectivity index (χ3v) is 15.6. The fourth-order valence-electron chi connectivity index (χ4n) is 13.2. The number of fused-ring (bicyclic) bond motifs is 7. The van der Waals surface area contributed by atoms with Gasteiger partial charge in [0.1, 0.15) is 24.4 Å². The van der Waals surface area contributed by atoms with Gasteiger partial charge in [0.05, 0.1) is 25.4 Å². The van der Waals surface area contributed by atoms with Gasteiger partial charge in [0, 0.05) is 6.61 Å². The minimum Gasteiger partial charge on any atom is -0.396 e. The largest absolute Gasteiger partial charge is 0.396 e. The van der Waals surface area contributed by atoms with Crippen molar-refractivity contribution < 1.29 is 45.2 Å². The lowest BCUT2D eigenvalue weighted by atomic mass is 9.32. The van der Waals surface area contributed by atoms with Crippen molar-refractivity contribution in [3.05, 3.63) is 12.2 Å². The summed E-state index contributed by atoms with van der Waals surface area (Å²) in [4.78, 5) is 0. The molecule has 5 saturated carbocycles. The molecule has 0 radical (unpaired) electrons. The van der Waals surface area contributed by atoms with E-state index in [9.17, 15) is 35.7 Å². The molecule has 0 amide bonds. The Labute approximate surface area is 269 Å². The summed E-state index contributed by atoms with van der Waals surface area (Å²) in [5, 5.41) is 74.5. The number of hydrogen-bond acceptors (Lipinski definition) is 9. The van der Waals surface area contributed by atoms with Gasteiger partial charge in [-0.2, -0.15) is 0 Å². The minimum atomic E-state index is -1.52. The molecule has 1 aliphatic heterocycles. The number of rotatable bonds is 6. The second-order valence-corrected chi connectivity index (χ2v) is 17.5. The molecule has 5 aliphatic carbocycles. The number of aliphatic hydroxyl groups excluding tert-OH is 7. The number of ether oxygens (including phenoxy) is 2. The first kappa shape index (κ1) is 34.3. The fourth-order valence-corrected chi connectivity index (χ4v) is 13.2. The maximum absolute atomic E-state index is 11.4. The van der Waals surface area contributed by atoms with Crippen LogP contribution < -0.4 is 0 Å². The second-order valence-electron chi connectivity index (χ2n) is 17.5. The normalized spacial score (nSPS) is 55.6. The summed E-state index contributed by atoms with van der Waals surface area (Å²) in [7, 11) is 0. The van der Waals surface area contributed by atoms with Crippen LogP contribution in [0.1, 0.15) is 92.4 Å². The van der Waals surface area contributed by atoms with Crippen molar-refractivity contribution >= 4 is 0 Å². The molecule has 258 valence electrons. The summed E-state index contributed by atoms with van der Waals surface area (Å²) in [6.45, 7) is 15.4. The SMILES string of the molecule is C=C(CO)[C@@H]1CC[C@]2(CO)CC[C@]3(C)[C@H](CC[C@@H]4[C@@]5(C)CC[C@H](O)C(C)(C)[C@@H]5[C@@H](O[C@@H]5O[C@H](CO)[C@@H](O)[C@H](O)[C@H]5O)C[C@]43C)[C@@H]12. The zero-order valence-corrected chi connectivity index (χ0v) is 28.1. The van der Waals surface area contributed by atoms with Crippen LogP contribution in [0.25, 0.3) is 0 Å². The van der Waals surface area contributed by atoms with Crippen molar-refractivity contribution in [3.8, 4) is 0 Å². The van der Waals surface area contributed by atoms with Crippen LogP contribution in [0.4, 0.5) is 0 Å². The Hall–Kier alpha value is -0.620. The van der Waals surface area contributed by atoms with E-state index in [2.05, 4.69) is 41.2 Å². The molecular formula is C36H60O9. The van der Waals surface area contributed by atoms with Crippen molar-refractivity contribution in [2.75, 3.05) is 19.8 Å². The molecule has 6 fully saturated rings. The summed E-state index contributed by atoms with van der Waals surface area (Å²) in [6.07, 6.45) is 0.448. The second kappa shape index (κ2) is 11.5. The number of hydrogen-bond donors (Lipinski definition) is 7. The maximum atomic E-state index is 11.4. The first-order valence-electron chi connectivity index (χ1n) is 17.6. The van der Waals surface area contributed by atoms with Crippen molar-refractivity contribution in [2.45, 2.75) is 135 Å². The highest BCUT2D eigenvalue weighted by Crippen LogP contribution is 2.77. The smallest absolute Gasteiger partial charge is 0.186 e. The van der Waals surface area contributed by atoms with E-state index in [1.807, 2.05) is 0 Å². The van der Waals surface area contributed by atoms with E-state index in [-0.39, 0.29) is 52.6 Å². The molecule has 9 heteroatoms. The molecule has 0 aromatic rings. The van der Waals surface area contributed by atoms with E-state index in [1.54, 1.807) is 0 Å². The van der Waals surface area contributed by atoms with Crippen LogP contribution in [0.3, 0.4) is 0 Å². The maximum Gasteiger partial charge on any atom is 0.186 e. The summed E-state index contributed by atoms with van der Waals surface area (Å²) >= 11 is 0. The molecule has 9 nitrogen and oxygen atoms in total. The monoisotopic (exact) mass is 636 g/mol. The van der Waals surface area contributed by atoms with Crippen LogP contribution in [0.5, 0.6) is 0 Å².